The standard InChI is InChI=1S/C12H27N3O/c1-2-16-12-11-15-8-4-7-14(9-10-15)6-3-5-13/h2-13H2,1H3. The van der Waals surface area contributed by atoms with E-state index in [1.165, 1.54) is 32.6 Å². The molecule has 1 aliphatic heterocycles. The molecule has 0 radical (unpaired) electrons. The van der Waals surface area contributed by atoms with Gasteiger partial charge in [-0.25, -0.2) is 0 Å². The number of hydrogen-bond donors (Lipinski definition) is 1. The molecule has 16 heavy (non-hydrogen) atoms. The maximum Gasteiger partial charge on any atom is 0.0593 e. The zero-order chi connectivity index (χ0) is 11.6. The molecule has 0 aromatic rings. The van der Waals surface area contributed by atoms with Gasteiger partial charge < -0.3 is 15.4 Å². The summed E-state index contributed by atoms with van der Waals surface area (Å²) >= 11 is 0. The Hall–Kier alpha value is -0.160. The van der Waals surface area contributed by atoms with E-state index in [1.54, 1.807) is 0 Å². The summed E-state index contributed by atoms with van der Waals surface area (Å²) < 4.78 is 5.40. The number of nitrogens with two attached hydrogens (primary N) is 1. The fourth-order valence-electron chi connectivity index (χ4n) is 2.12. The number of nitrogens with zero attached hydrogens (tertiary/aromatic N) is 2. The molecule has 1 saturated heterocycles. The van der Waals surface area contributed by atoms with Crippen LogP contribution in [0.25, 0.3) is 0 Å². The van der Waals surface area contributed by atoms with E-state index >= 15 is 0 Å². The van der Waals surface area contributed by atoms with Gasteiger partial charge in [-0.1, -0.05) is 0 Å². The van der Waals surface area contributed by atoms with Gasteiger partial charge >= 0.3 is 0 Å². The zero-order valence-corrected chi connectivity index (χ0v) is 10.7. The number of hydrogen-bond acceptors (Lipinski definition) is 4. The van der Waals surface area contributed by atoms with Gasteiger partial charge in [-0.3, -0.25) is 4.90 Å². The summed E-state index contributed by atoms with van der Waals surface area (Å²) in [7, 11) is 0. The molecule has 2 N–H and O–H groups in total. The summed E-state index contributed by atoms with van der Waals surface area (Å²) in [4.78, 5) is 5.05. The molecular formula is C12H27N3O. The lowest BCUT2D eigenvalue weighted by Gasteiger charge is -2.21. The first kappa shape index (κ1) is 13.9. The van der Waals surface area contributed by atoms with Crippen molar-refractivity contribution in [3.05, 3.63) is 0 Å². The van der Waals surface area contributed by atoms with E-state index < -0.39 is 0 Å². The second-order valence-corrected chi connectivity index (χ2v) is 4.38. The van der Waals surface area contributed by atoms with Gasteiger partial charge in [0.25, 0.3) is 0 Å². The second kappa shape index (κ2) is 8.93. The fraction of sp³-hybridized carbons (Fsp3) is 1.00. The third-order valence-corrected chi connectivity index (χ3v) is 3.12. The quantitative estimate of drug-likeness (QED) is 0.641. The molecule has 4 nitrogen and oxygen atoms in total. The van der Waals surface area contributed by atoms with Crippen molar-refractivity contribution in [3.63, 3.8) is 0 Å². The van der Waals surface area contributed by atoms with Crippen LogP contribution in [-0.2, 0) is 4.74 Å². The maximum atomic E-state index is 5.54. The summed E-state index contributed by atoms with van der Waals surface area (Å²) in [5.41, 5.74) is 5.54. The van der Waals surface area contributed by atoms with Crippen LogP contribution in [0, 0.1) is 0 Å². The van der Waals surface area contributed by atoms with Crippen LogP contribution in [0.1, 0.15) is 19.8 Å². The Kier molecular flexibility index (Phi) is 7.76. The molecule has 0 aromatic carbocycles. The molecular weight excluding hydrogens is 202 g/mol. The van der Waals surface area contributed by atoms with Gasteiger partial charge in [-0.2, -0.15) is 0 Å². The lowest BCUT2D eigenvalue weighted by molar-refractivity contribution is 0.114. The maximum absolute atomic E-state index is 5.54. The molecule has 0 bridgehead atoms. The highest BCUT2D eigenvalue weighted by Gasteiger charge is 2.13. The van der Waals surface area contributed by atoms with E-state index in [1.807, 2.05) is 0 Å². The minimum atomic E-state index is 0.810. The average molecular weight is 229 g/mol. The predicted octanol–water partition coefficient (Wildman–Crippen LogP) is 0.379. The van der Waals surface area contributed by atoms with Crippen molar-refractivity contribution in [2.45, 2.75) is 19.8 Å². The molecule has 0 aromatic heterocycles. The highest BCUT2D eigenvalue weighted by molar-refractivity contribution is 4.69. The highest BCUT2D eigenvalue weighted by Crippen LogP contribution is 2.03. The van der Waals surface area contributed by atoms with Crippen LogP contribution in [0.15, 0.2) is 0 Å². The molecule has 0 spiro atoms. The van der Waals surface area contributed by atoms with E-state index in [-0.39, 0.29) is 0 Å². The third kappa shape index (κ3) is 5.80. The normalized spacial score (nSPS) is 19.9. The van der Waals surface area contributed by atoms with Crippen LogP contribution in [0.5, 0.6) is 0 Å². The van der Waals surface area contributed by atoms with Crippen molar-refractivity contribution >= 4 is 0 Å². The van der Waals surface area contributed by atoms with E-state index in [4.69, 9.17) is 10.5 Å². The molecule has 0 atom stereocenters. The Morgan fingerprint density at radius 3 is 2.38 bits per heavy atom. The largest absolute Gasteiger partial charge is 0.380 e. The van der Waals surface area contributed by atoms with Crippen molar-refractivity contribution in [2.75, 3.05) is 59.0 Å². The summed E-state index contributed by atoms with van der Waals surface area (Å²) in [5.74, 6) is 0. The molecule has 1 aliphatic rings. The Balaban J connectivity index is 2.13. The topological polar surface area (TPSA) is 41.7 Å². The summed E-state index contributed by atoms with van der Waals surface area (Å²) in [5, 5.41) is 0. The van der Waals surface area contributed by atoms with Crippen LogP contribution in [0.3, 0.4) is 0 Å². The molecule has 96 valence electrons. The molecule has 1 rings (SSSR count). The second-order valence-electron chi connectivity index (χ2n) is 4.38. The zero-order valence-electron chi connectivity index (χ0n) is 10.7. The van der Waals surface area contributed by atoms with Gasteiger partial charge in [0.2, 0.25) is 0 Å². The third-order valence-electron chi connectivity index (χ3n) is 3.12. The number of rotatable bonds is 7. The average Bonchev–Trinajstić information content (AvgIpc) is 2.52. The molecule has 0 unspecified atom stereocenters. The van der Waals surface area contributed by atoms with E-state index in [9.17, 15) is 0 Å². The van der Waals surface area contributed by atoms with Gasteiger partial charge in [0.15, 0.2) is 0 Å². The van der Waals surface area contributed by atoms with Gasteiger partial charge in [0.1, 0.15) is 0 Å². The Morgan fingerprint density at radius 1 is 1.06 bits per heavy atom. The lowest BCUT2D eigenvalue weighted by Crippen LogP contribution is -2.33. The van der Waals surface area contributed by atoms with Crippen molar-refractivity contribution in [3.8, 4) is 0 Å². The van der Waals surface area contributed by atoms with E-state index in [0.717, 1.165) is 39.3 Å². The van der Waals surface area contributed by atoms with Crippen LogP contribution >= 0.6 is 0 Å². The van der Waals surface area contributed by atoms with E-state index in [2.05, 4.69) is 16.7 Å². The van der Waals surface area contributed by atoms with Crippen LogP contribution in [0.2, 0.25) is 0 Å². The Labute approximate surface area is 99.7 Å². The summed E-state index contributed by atoms with van der Waals surface area (Å²) in [6, 6.07) is 0. The fourth-order valence-corrected chi connectivity index (χ4v) is 2.12. The van der Waals surface area contributed by atoms with Gasteiger partial charge in [0.05, 0.1) is 6.61 Å². The smallest absolute Gasteiger partial charge is 0.0593 e. The Morgan fingerprint density at radius 2 is 1.75 bits per heavy atom. The first-order valence-electron chi connectivity index (χ1n) is 6.59. The molecule has 4 heteroatoms. The Bertz CT molecular complexity index is 166. The first-order chi connectivity index (χ1) is 7.86. The van der Waals surface area contributed by atoms with Crippen molar-refractivity contribution in [1.29, 1.82) is 0 Å². The SMILES string of the molecule is CCOCCN1CCCN(CCCN)CC1. The van der Waals surface area contributed by atoms with Crippen molar-refractivity contribution in [1.82, 2.24) is 9.80 Å². The summed E-state index contributed by atoms with van der Waals surface area (Å²) in [6.07, 6.45) is 2.40. The lowest BCUT2D eigenvalue weighted by atomic mass is 10.3. The molecule has 1 heterocycles. The minimum absolute atomic E-state index is 0.810. The van der Waals surface area contributed by atoms with Crippen molar-refractivity contribution < 1.29 is 4.74 Å². The molecule has 0 saturated carbocycles. The molecule has 0 amide bonds. The monoisotopic (exact) mass is 229 g/mol. The van der Waals surface area contributed by atoms with Crippen LogP contribution in [0.4, 0.5) is 0 Å². The summed E-state index contributed by atoms with van der Waals surface area (Å²) in [6.45, 7) is 11.6. The van der Waals surface area contributed by atoms with Gasteiger partial charge in [0, 0.05) is 26.2 Å². The van der Waals surface area contributed by atoms with Crippen LogP contribution < -0.4 is 5.73 Å². The van der Waals surface area contributed by atoms with Gasteiger partial charge in [-0.05, 0) is 45.9 Å². The van der Waals surface area contributed by atoms with E-state index in [0.29, 0.717) is 0 Å². The highest BCUT2D eigenvalue weighted by atomic mass is 16.5. The molecule has 0 aliphatic carbocycles. The minimum Gasteiger partial charge on any atom is -0.380 e. The molecule has 1 fully saturated rings. The van der Waals surface area contributed by atoms with Crippen molar-refractivity contribution in [2.24, 2.45) is 5.73 Å². The predicted molar refractivity (Wildman–Crippen MR) is 67.7 cm³/mol. The first-order valence-corrected chi connectivity index (χ1v) is 6.59. The van der Waals surface area contributed by atoms with Crippen LogP contribution in [-0.4, -0.2) is 68.8 Å². The number of ether oxygens (including phenoxy) is 1. The van der Waals surface area contributed by atoms with Gasteiger partial charge in [-0.15, -0.1) is 0 Å².